The fourth-order valence-corrected chi connectivity index (χ4v) is 3.01. The van der Waals surface area contributed by atoms with Crippen molar-refractivity contribution in [1.82, 2.24) is 9.97 Å². The lowest BCUT2D eigenvalue weighted by Gasteiger charge is -2.22. The first-order valence-corrected chi connectivity index (χ1v) is 9.74. The Balaban J connectivity index is 2.14. The number of hydrogen-bond donors (Lipinski definition) is 0. The van der Waals surface area contributed by atoms with Gasteiger partial charge in [-0.15, -0.1) is 0 Å². The quantitative estimate of drug-likeness (QED) is 0.363. The van der Waals surface area contributed by atoms with Gasteiger partial charge in [-0.3, -0.25) is 9.97 Å². The highest BCUT2D eigenvalue weighted by atomic mass is 16.5. The number of benzene rings is 1. The number of rotatable bonds is 8. The molecule has 0 N–H and O–H groups in total. The van der Waals surface area contributed by atoms with Gasteiger partial charge >= 0.3 is 5.97 Å². The molecule has 0 bridgehead atoms. The molecule has 2 heterocycles. The number of hydrogen-bond acceptors (Lipinski definition) is 5. The molecule has 0 saturated heterocycles. The molecule has 0 aliphatic heterocycles. The lowest BCUT2D eigenvalue weighted by Crippen LogP contribution is -2.14. The summed E-state index contributed by atoms with van der Waals surface area (Å²) in [6, 6.07) is 13.5. The summed E-state index contributed by atoms with van der Waals surface area (Å²) in [5.74, 6) is -0.138. The Morgan fingerprint density at radius 2 is 1.93 bits per heavy atom. The molecule has 1 atom stereocenters. The topological polar surface area (TPSA) is 61.3 Å². The van der Waals surface area contributed by atoms with Crippen molar-refractivity contribution in [2.24, 2.45) is 0 Å². The Kier molecular flexibility index (Phi) is 7.11. The Hall–Kier alpha value is -3.73. The average molecular weight is 400 g/mol. The summed E-state index contributed by atoms with van der Waals surface area (Å²) in [7, 11) is 0. The van der Waals surface area contributed by atoms with E-state index in [1.165, 1.54) is 6.20 Å². The highest BCUT2D eigenvalue weighted by Gasteiger charge is 2.24. The second-order valence-electron chi connectivity index (χ2n) is 6.53. The van der Waals surface area contributed by atoms with Gasteiger partial charge in [-0.1, -0.05) is 61.2 Å². The Morgan fingerprint density at radius 1 is 1.13 bits per heavy atom. The monoisotopic (exact) mass is 400 g/mol. The highest BCUT2D eigenvalue weighted by Crippen LogP contribution is 2.34. The van der Waals surface area contributed by atoms with E-state index in [0.717, 1.165) is 11.1 Å². The van der Waals surface area contributed by atoms with Gasteiger partial charge in [0.1, 0.15) is 17.2 Å². The number of carbonyl (C=O) groups excluding carboxylic acids is 1. The smallest absolute Gasteiger partial charge is 0.343 e. The number of fused-ring (bicyclic) bond motifs is 1. The number of aromatic nitrogens is 2. The van der Waals surface area contributed by atoms with Crippen molar-refractivity contribution >= 4 is 17.0 Å². The normalized spacial score (nSPS) is 12.7. The van der Waals surface area contributed by atoms with Crippen LogP contribution in [0.4, 0.5) is 0 Å². The molecular weight excluding hydrogens is 376 g/mol. The van der Waals surface area contributed by atoms with Crippen LogP contribution in [0.2, 0.25) is 0 Å². The summed E-state index contributed by atoms with van der Waals surface area (Å²) in [4.78, 5) is 21.4. The van der Waals surface area contributed by atoms with Gasteiger partial charge in [-0.2, -0.15) is 0 Å². The van der Waals surface area contributed by atoms with Gasteiger partial charge < -0.3 is 9.47 Å². The summed E-state index contributed by atoms with van der Waals surface area (Å²) < 4.78 is 11.7. The van der Waals surface area contributed by atoms with Crippen molar-refractivity contribution in [3.63, 3.8) is 0 Å². The molecule has 30 heavy (non-hydrogen) atoms. The van der Waals surface area contributed by atoms with Crippen LogP contribution in [0.5, 0.6) is 5.75 Å². The van der Waals surface area contributed by atoms with Crippen molar-refractivity contribution in [1.29, 1.82) is 0 Å². The molecule has 3 rings (SSSR count). The molecule has 0 fully saturated rings. The van der Waals surface area contributed by atoms with Crippen LogP contribution in [-0.2, 0) is 4.74 Å². The summed E-state index contributed by atoms with van der Waals surface area (Å²) >= 11 is 0. The molecule has 152 valence electrons. The van der Waals surface area contributed by atoms with Gasteiger partial charge in [0.15, 0.2) is 5.75 Å². The molecule has 5 heteroatoms. The van der Waals surface area contributed by atoms with E-state index in [1.54, 1.807) is 25.3 Å². The third kappa shape index (κ3) is 4.81. The van der Waals surface area contributed by atoms with Gasteiger partial charge in [-0.05, 0) is 37.1 Å². The summed E-state index contributed by atoms with van der Waals surface area (Å²) in [5, 5.41) is 0. The Morgan fingerprint density at radius 3 is 2.67 bits per heavy atom. The van der Waals surface area contributed by atoms with Gasteiger partial charge in [0.25, 0.3) is 0 Å². The molecule has 0 amide bonds. The van der Waals surface area contributed by atoms with E-state index in [-0.39, 0.29) is 12.2 Å². The third-order valence-electron chi connectivity index (χ3n) is 4.43. The Labute approximate surface area is 176 Å². The zero-order valence-corrected chi connectivity index (χ0v) is 17.1. The van der Waals surface area contributed by atoms with Gasteiger partial charge in [0.05, 0.1) is 12.1 Å². The third-order valence-corrected chi connectivity index (χ3v) is 4.43. The minimum Gasteiger partial charge on any atom is -0.478 e. The number of pyridine rings is 2. The largest absolute Gasteiger partial charge is 0.478 e. The number of nitrogens with zero attached hydrogens (tertiary/aromatic N) is 2. The van der Waals surface area contributed by atoms with Crippen molar-refractivity contribution in [2.45, 2.75) is 20.0 Å². The van der Waals surface area contributed by atoms with Crippen molar-refractivity contribution in [3.05, 3.63) is 102 Å². The lowest BCUT2D eigenvalue weighted by atomic mass is 10.0. The van der Waals surface area contributed by atoms with Gasteiger partial charge in [0.2, 0.25) is 0 Å². The molecule has 5 nitrogen and oxygen atoms in total. The van der Waals surface area contributed by atoms with Crippen LogP contribution in [0.1, 0.15) is 35.9 Å². The maximum Gasteiger partial charge on any atom is 0.343 e. The van der Waals surface area contributed by atoms with E-state index in [1.807, 2.05) is 61.5 Å². The molecule has 3 aromatic rings. The predicted molar refractivity (Wildman–Crippen MR) is 118 cm³/mol. The van der Waals surface area contributed by atoms with Crippen LogP contribution in [0.15, 0.2) is 91.3 Å². The molecule has 0 saturated carbocycles. The van der Waals surface area contributed by atoms with E-state index in [4.69, 9.17) is 9.47 Å². The van der Waals surface area contributed by atoms with E-state index >= 15 is 0 Å². The van der Waals surface area contributed by atoms with E-state index in [2.05, 4.69) is 16.5 Å². The first-order chi connectivity index (χ1) is 14.7. The Bertz CT molecular complexity index is 1090. The van der Waals surface area contributed by atoms with Crippen LogP contribution >= 0.6 is 0 Å². The van der Waals surface area contributed by atoms with Crippen LogP contribution in [-0.4, -0.2) is 22.5 Å². The SMILES string of the molecule is C=C/C=C\C=C(/C)C(Oc1c(C(=O)OCC)cnc2cccnc12)c1ccccc1. The van der Waals surface area contributed by atoms with Crippen molar-refractivity contribution < 1.29 is 14.3 Å². The number of ether oxygens (including phenoxy) is 2. The maximum absolute atomic E-state index is 12.6. The molecule has 2 aromatic heterocycles. The van der Waals surface area contributed by atoms with Crippen molar-refractivity contribution in [3.8, 4) is 5.75 Å². The second-order valence-corrected chi connectivity index (χ2v) is 6.53. The average Bonchev–Trinajstić information content (AvgIpc) is 2.78. The van der Waals surface area contributed by atoms with Crippen LogP contribution < -0.4 is 4.74 Å². The fraction of sp³-hybridized carbons (Fsp3) is 0.160. The zero-order valence-electron chi connectivity index (χ0n) is 17.1. The van der Waals surface area contributed by atoms with Gasteiger partial charge in [-0.25, -0.2) is 4.79 Å². The van der Waals surface area contributed by atoms with Crippen LogP contribution in [0, 0.1) is 0 Å². The van der Waals surface area contributed by atoms with E-state index in [9.17, 15) is 4.79 Å². The molecular formula is C25H24N2O3. The van der Waals surface area contributed by atoms with Crippen LogP contribution in [0.3, 0.4) is 0 Å². The number of esters is 1. The minimum atomic E-state index is -0.493. The fourth-order valence-electron chi connectivity index (χ4n) is 3.01. The molecule has 0 aliphatic rings. The highest BCUT2D eigenvalue weighted by molar-refractivity contribution is 5.98. The van der Waals surface area contributed by atoms with Crippen LogP contribution in [0.25, 0.3) is 11.0 Å². The van der Waals surface area contributed by atoms with Gasteiger partial charge in [0, 0.05) is 12.4 Å². The summed E-state index contributed by atoms with van der Waals surface area (Å²) in [6.45, 7) is 7.69. The molecule has 1 aromatic carbocycles. The molecule has 0 spiro atoms. The second kappa shape index (κ2) is 10.2. The number of carbonyl (C=O) groups is 1. The van der Waals surface area contributed by atoms with E-state index < -0.39 is 12.1 Å². The first kappa shape index (κ1) is 21.0. The van der Waals surface area contributed by atoms with Crippen molar-refractivity contribution in [2.75, 3.05) is 6.61 Å². The zero-order chi connectivity index (χ0) is 21.3. The number of allylic oxidation sites excluding steroid dienone is 4. The minimum absolute atomic E-state index is 0.249. The molecule has 1 unspecified atom stereocenters. The van der Waals surface area contributed by atoms with E-state index in [0.29, 0.717) is 16.8 Å². The predicted octanol–water partition coefficient (Wildman–Crippen LogP) is 5.62. The first-order valence-electron chi connectivity index (χ1n) is 9.74. The summed E-state index contributed by atoms with van der Waals surface area (Å²) in [5.41, 5.74) is 3.31. The standard InChI is InChI=1S/C25H24N2O3/c1-4-6-8-12-18(3)23(19-13-9-7-10-14-19)30-24-20(25(28)29-5-2)17-27-21-15-11-16-26-22(21)24/h4,6-17,23H,1,5H2,2-3H3/b8-6-,18-12+. The lowest BCUT2D eigenvalue weighted by molar-refractivity contribution is 0.0519. The molecule has 0 aliphatic carbocycles. The summed E-state index contributed by atoms with van der Waals surface area (Å²) in [6.07, 6.45) is 10.1. The molecule has 0 radical (unpaired) electrons. The maximum atomic E-state index is 12.6.